The molecule has 0 saturated heterocycles. The van der Waals surface area contributed by atoms with Gasteiger partial charge in [0.2, 0.25) is 0 Å². The van der Waals surface area contributed by atoms with Gasteiger partial charge in [-0.05, 0) is 91.9 Å². The van der Waals surface area contributed by atoms with E-state index in [1.165, 1.54) is 32.1 Å². The van der Waals surface area contributed by atoms with Gasteiger partial charge in [-0.1, -0.05) is 6.07 Å². The van der Waals surface area contributed by atoms with Gasteiger partial charge in [0.15, 0.2) is 0 Å². The Morgan fingerprint density at radius 2 is 1.67 bits per heavy atom. The van der Waals surface area contributed by atoms with Crippen LogP contribution in [0.2, 0.25) is 0 Å². The van der Waals surface area contributed by atoms with Crippen LogP contribution < -0.4 is 4.74 Å². The molecule has 21 heavy (non-hydrogen) atoms. The van der Waals surface area contributed by atoms with Crippen LogP contribution in [-0.2, 0) is 0 Å². The fourth-order valence-electron chi connectivity index (χ4n) is 5.80. The molecule has 0 aromatic heterocycles. The number of aryl methyl sites for hydroxylation is 1. The fraction of sp³-hybridized carbons (Fsp3) is 0.684. The van der Waals surface area contributed by atoms with Crippen molar-refractivity contribution in [3.63, 3.8) is 0 Å². The van der Waals surface area contributed by atoms with E-state index in [2.05, 4.69) is 19.1 Å². The molecule has 114 valence electrons. The van der Waals surface area contributed by atoms with Crippen LogP contribution in [0, 0.1) is 36.5 Å². The molecule has 1 aromatic rings. The van der Waals surface area contributed by atoms with E-state index in [9.17, 15) is 5.11 Å². The number of ether oxygens (including phenoxy) is 1. The first-order chi connectivity index (χ1) is 10.2. The van der Waals surface area contributed by atoms with E-state index in [0.29, 0.717) is 5.92 Å². The summed E-state index contributed by atoms with van der Waals surface area (Å²) in [5.41, 5.74) is 2.28. The first kappa shape index (κ1) is 13.6. The Hall–Kier alpha value is -1.02. The maximum atomic E-state index is 11.1. The number of hydrogen-bond donors (Lipinski definition) is 1. The molecule has 4 aliphatic carbocycles. The molecule has 1 aromatic carbocycles. The van der Waals surface area contributed by atoms with Crippen molar-refractivity contribution in [3.8, 4) is 5.75 Å². The van der Waals surface area contributed by atoms with Gasteiger partial charge in [0.25, 0.3) is 0 Å². The molecule has 4 fully saturated rings. The number of hydrogen-bond acceptors (Lipinski definition) is 2. The molecule has 4 aliphatic rings. The summed E-state index contributed by atoms with van der Waals surface area (Å²) in [4.78, 5) is 0. The minimum atomic E-state index is -0.286. The highest BCUT2D eigenvalue weighted by molar-refractivity contribution is 5.36. The van der Waals surface area contributed by atoms with Crippen molar-refractivity contribution in [2.45, 2.75) is 45.1 Å². The summed E-state index contributed by atoms with van der Waals surface area (Å²) in [6, 6.07) is 6.11. The Balaban J connectivity index is 1.61. The first-order valence-electron chi connectivity index (χ1n) is 8.48. The molecule has 1 atom stereocenters. The van der Waals surface area contributed by atoms with Gasteiger partial charge >= 0.3 is 0 Å². The van der Waals surface area contributed by atoms with E-state index in [0.717, 1.165) is 40.5 Å². The second-order valence-electron chi connectivity index (χ2n) is 7.68. The van der Waals surface area contributed by atoms with Gasteiger partial charge < -0.3 is 9.84 Å². The summed E-state index contributed by atoms with van der Waals surface area (Å²) in [7, 11) is 1.70. The molecular weight excluding hydrogens is 260 g/mol. The SMILES string of the molecule is COc1ccc(C(O)C2C3CC4CC(C3)CC2C4)c(C)c1. The Morgan fingerprint density at radius 3 is 2.19 bits per heavy atom. The lowest BCUT2D eigenvalue weighted by molar-refractivity contribution is -0.0909. The molecular formula is C19H26O2. The number of rotatable bonds is 3. The monoisotopic (exact) mass is 286 g/mol. The number of methoxy groups -OCH3 is 1. The van der Waals surface area contributed by atoms with Crippen molar-refractivity contribution in [2.75, 3.05) is 7.11 Å². The third-order valence-electron chi connectivity index (χ3n) is 6.46. The van der Waals surface area contributed by atoms with Crippen LogP contribution in [-0.4, -0.2) is 12.2 Å². The highest BCUT2D eigenvalue weighted by atomic mass is 16.5. The second-order valence-corrected chi connectivity index (χ2v) is 7.68. The quantitative estimate of drug-likeness (QED) is 0.906. The lowest BCUT2D eigenvalue weighted by Crippen LogP contribution is -2.47. The van der Waals surface area contributed by atoms with Crippen LogP contribution in [0.5, 0.6) is 5.75 Å². The van der Waals surface area contributed by atoms with E-state index in [1.807, 2.05) is 6.07 Å². The molecule has 1 unspecified atom stereocenters. The van der Waals surface area contributed by atoms with Crippen molar-refractivity contribution < 1.29 is 9.84 Å². The molecule has 0 radical (unpaired) electrons. The highest BCUT2D eigenvalue weighted by Crippen LogP contribution is 2.59. The predicted molar refractivity (Wildman–Crippen MR) is 83.2 cm³/mol. The summed E-state index contributed by atoms with van der Waals surface area (Å²) < 4.78 is 5.29. The third kappa shape index (κ3) is 2.19. The third-order valence-corrected chi connectivity index (χ3v) is 6.46. The van der Waals surface area contributed by atoms with Crippen molar-refractivity contribution in [1.82, 2.24) is 0 Å². The minimum absolute atomic E-state index is 0.286. The molecule has 0 spiro atoms. The minimum Gasteiger partial charge on any atom is -0.497 e. The van der Waals surface area contributed by atoms with E-state index >= 15 is 0 Å². The molecule has 5 rings (SSSR count). The van der Waals surface area contributed by atoms with Crippen LogP contribution in [0.3, 0.4) is 0 Å². The number of benzene rings is 1. The van der Waals surface area contributed by atoms with Crippen molar-refractivity contribution in [3.05, 3.63) is 29.3 Å². The molecule has 4 bridgehead atoms. The Kier molecular flexibility index (Phi) is 3.25. The largest absolute Gasteiger partial charge is 0.497 e. The molecule has 0 heterocycles. The van der Waals surface area contributed by atoms with Gasteiger partial charge in [0.05, 0.1) is 13.2 Å². The second kappa shape index (κ2) is 5.01. The summed E-state index contributed by atoms with van der Waals surface area (Å²) >= 11 is 0. The van der Waals surface area contributed by atoms with E-state index in [1.54, 1.807) is 7.11 Å². The van der Waals surface area contributed by atoms with Crippen molar-refractivity contribution in [2.24, 2.45) is 29.6 Å². The van der Waals surface area contributed by atoms with Crippen LogP contribution in [0.25, 0.3) is 0 Å². The Bertz CT molecular complexity index is 508. The topological polar surface area (TPSA) is 29.5 Å². The van der Waals surface area contributed by atoms with Gasteiger partial charge in [-0.2, -0.15) is 0 Å². The van der Waals surface area contributed by atoms with Crippen molar-refractivity contribution in [1.29, 1.82) is 0 Å². The zero-order valence-electron chi connectivity index (χ0n) is 13.1. The zero-order valence-corrected chi connectivity index (χ0v) is 13.1. The van der Waals surface area contributed by atoms with Crippen LogP contribution in [0.1, 0.15) is 49.3 Å². The highest BCUT2D eigenvalue weighted by Gasteiger charge is 2.50. The average Bonchev–Trinajstić information content (AvgIpc) is 2.45. The van der Waals surface area contributed by atoms with E-state index < -0.39 is 0 Å². The number of aliphatic hydroxyl groups is 1. The van der Waals surface area contributed by atoms with Crippen molar-refractivity contribution >= 4 is 0 Å². The Labute approximate surface area is 127 Å². The first-order valence-corrected chi connectivity index (χ1v) is 8.48. The molecule has 2 heteroatoms. The summed E-state index contributed by atoms with van der Waals surface area (Å²) in [6.07, 6.45) is 6.64. The maximum Gasteiger partial charge on any atom is 0.119 e. The van der Waals surface area contributed by atoms with Gasteiger partial charge in [-0.15, -0.1) is 0 Å². The fourth-order valence-corrected chi connectivity index (χ4v) is 5.80. The van der Waals surface area contributed by atoms with Crippen LogP contribution in [0.15, 0.2) is 18.2 Å². The van der Waals surface area contributed by atoms with Gasteiger partial charge in [0.1, 0.15) is 5.75 Å². The average molecular weight is 286 g/mol. The lowest BCUT2D eigenvalue weighted by Gasteiger charge is -2.55. The molecule has 0 aliphatic heterocycles. The predicted octanol–water partition coefficient (Wildman–Crippen LogP) is 4.11. The summed E-state index contributed by atoms with van der Waals surface area (Å²) in [6.45, 7) is 2.09. The van der Waals surface area contributed by atoms with Gasteiger partial charge in [0, 0.05) is 0 Å². The lowest BCUT2D eigenvalue weighted by atomic mass is 9.50. The van der Waals surface area contributed by atoms with E-state index in [-0.39, 0.29) is 6.10 Å². The maximum absolute atomic E-state index is 11.1. The van der Waals surface area contributed by atoms with Gasteiger partial charge in [-0.3, -0.25) is 0 Å². The molecule has 1 N–H and O–H groups in total. The normalized spacial score (nSPS) is 38.5. The molecule has 0 amide bonds. The smallest absolute Gasteiger partial charge is 0.119 e. The summed E-state index contributed by atoms with van der Waals surface area (Å²) in [5, 5.41) is 11.1. The Morgan fingerprint density at radius 1 is 1.05 bits per heavy atom. The van der Waals surface area contributed by atoms with E-state index in [4.69, 9.17) is 4.74 Å². The van der Waals surface area contributed by atoms with Gasteiger partial charge in [-0.25, -0.2) is 0 Å². The molecule has 2 nitrogen and oxygen atoms in total. The van der Waals surface area contributed by atoms with Crippen LogP contribution >= 0.6 is 0 Å². The zero-order chi connectivity index (χ0) is 14.6. The summed E-state index contributed by atoms with van der Waals surface area (Å²) in [5.74, 6) is 4.83. The standard InChI is InChI=1S/C19H26O2/c1-11-5-16(21-2)3-4-17(11)19(20)18-14-7-12-6-13(9-14)10-15(18)8-12/h3-5,12-15,18-20H,6-10H2,1-2H3. The number of aliphatic hydroxyl groups excluding tert-OH is 1. The van der Waals surface area contributed by atoms with Crippen LogP contribution in [0.4, 0.5) is 0 Å². The molecule has 4 saturated carbocycles.